The fourth-order valence-electron chi connectivity index (χ4n) is 5.37. The van der Waals surface area contributed by atoms with E-state index in [1.807, 2.05) is 72.8 Å². The zero-order chi connectivity index (χ0) is 30.0. The maximum Gasteiger partial charge on any atom is 0.342 e. The first kappa shape index (κ1) is 31.0. The standard InChI is InChI=1S/C36H42O6/c1-26(2)31(27(3)4)20-19-30-21-36(42-34(30)37,24-39-22-28-13-7-5-8-14-28)25-41-35(38)32-17-11-12-18-33(32)40-23-29-15-9-6-10-16-29/h5-19,26-27,31H,20-25H2,1-4H3/b30-19-. The topological polar surface area (TPSA) is 71.1 Å². The Morgan fingerprint density at radius 3 is 2.07 bits per heavy atom. The highest BCUT2D eigenvalue weighted by atomic mass is 16.6. The first-order chi connectivity index (χ1) is 20.3. The van der Waals surface area contributed by atoms with Crippen molar-refractivity contribution in [2.45, 2.75) is 59.4 Å². The quantitative estimate of drug-likeness (QED) is 0.147. The zero-order valence-electron chi connectivity index (χ0n) is 25.1. The molecule has 1 unspecified atom stereocenters. The Kier molecular flexibility index (Phi) is 11.0. The summed E-state index contributed by atoms with van der Waals surface area (Å²) < 4.78 is 23.7. The van der Waals surface area contributed by atoms with Crippen LogP contribution < -0.4 is 4.74 Å². The lowest BCUT2D eigenvalue weighted by atomic mass is 9.82. The molecule has 1 atom stereocenters. The molecule has 1 saturated heterocycles. The van der Waals surface area contributed by atoms with Crippen LogP contribution in [0.2, 0.25) is 0 Å². The van der Waals surface area contributed by atoms with E-state index in [-0.39, 0.29) is 19.2 Å². The maximum absolute atomic E-state index is 13.3. The van der Waals surface area contributed by atoms with Gasteiger partial charge in [0.05, 0.1) is 13.2 Å². The number of cyclic esters (lactones) is 1. The van der Waals surface area contributed by atoms with Gasteiger partial charge in [0.15, 0.2) is 5.60 Å². The molecule has 1 aliphatic rings. The molecule has 0 aliphatic carbocycles. The molecule has 6 heteroatoms. The molecule has 1 fully saturated rings. The number of carbonyl (C=O) groups excluding carboxylic acids is 2. The summed E-state index contributed by atoms with van der Waals surface area (Å²) in [4.78, 5) is 26.4. The number of hydrogen-bond donors (Lipinski definition) is 0. The maximum atomic E-state index is 13.3. The van der Waals surface area contributed by atoms with Crippen LogP contribution in [0.15, 0.2) is 96.6 Å². The number of carbonyl (C=O) groups is 2. The van der Waals surface area contributed by atoms with Gasteiger partial charge in [0, 0.05) is 12.0 Å². The van der Waals surface area contributed by atoms with E-state index >= 15 is 0 Å². The Bertz CT molecular complexity index is 1320. The number of benzene rings is 3. The third kappa shape index (κ3) is 8.56. The van der Waals surface area contributed by atoms with Gasteiger partial charge in [-0.3, -0.25) is 0 Å². The Labute approximate surface area is 249 Å². The number of esters is 2. The van der Waals surface area contributed by atoms with E-state index in [1.165, 1.54) is 0 Å². The number of rotatable bonds is 14. The predicted octanol–water partition coefficient (Wildman–Crippen LogP) is 7.57. The second-order valence-corrected chi connectivity index (χ2v) is 11.7. The smallest absolute Gasteiger partial charge is 0.342 e. The Morgan fingerprint density at radius 1 is 0.833 bits per heavy atom. The molecular weight excluding hydrogens is 528 g/mol. The average molecular weight is 571 g/mol. The van der Waals surface area contributed by atoms with Crippen molar-refractivity contribution in [1.29, 1.82) is 0 Å². The summed E-state index contributed by atoms with van der Waals surface area (Å²) in [5, 5.41) is 0. The fourth-order valence-corrected chi connectivity index (χ4v) is 5.37. The molecule has 0 spiro atoms. The SMILES string of the molecule is CC(C)C(C/C=C1/CC(COCc2ccccc2)(COC(=O)c2ccccc2OCc2ccccc2)OC1=O)C(C)C. The number of para-hydroxylation sites is 1. The van der Waals surface area contributed by atoms with E-state index in [0.717, 1.165) is 17.5 Å². The van der Waals surface area contributed by atoms with E-state index in [9.17, 15) is 9.59 Å². The Hall–Kier alpha value is -3.90. The van der Waals surface area contributed by atoms with E-state index in [1.54, 1.807) is 18.2 Å². The van der Waals surface area contributed by atoms with Gasteiger partial charge in [0.1, 0.15) is 24.5 Å². The zero-order valence-corrected chi connectivity index (χ0v) is 25.1. The first-order valence-corrected chi connectivity index (χ1v) is 14.7. The van der Waals surface area contributed by atoms with Crippen LogP contribution in [-0.2, 0) is 32.2 Å². The molecule has 6 nitrogen and oxygen atoms in total. The molecule has 42 heavy (non-hydrogen) atoms. The van der Waals surface area contributed by atoms with Crippen LogP contribution in [0.1, 0.15) is 62.0 Å². The van der Waals surface area contributed by atoms with Gasteiger partial charge in [-0.05, 0) is 47.4 Å². The van der Waals surface area contributed by atoms with Gasteiger partial charge in [-0.2, -0.15) is 0 Å². The number of ether oxygens (including phenoxy) is 4. The second kappa shape index (κ2) is 14.8. The lowest BCUT2D eigenvalue weighted by Crippen LogP contribution is -2.40. The van der Waals surface area contributed by atoms with E-state index < -0.39 is 11.6 Å². The highest BCUT2D eigenvalue weighted by molar-refractivity contribution is 5.93. The summed E-state index contributed by atoms with van der Waals surface area (Å²) in [6, 6.07) is 26.5. The Morgan fingerprint density at radius 2 is 1.43 bits per heavy atom. The van der Waals surface area contributed by atoms with Crippen molar-refractivity contribution in [3.8, 4) is 5.75 Å². The van der Waals surface area contributed by atoms with Crippen molar-refractivity contribution in [3.63, 3.8) is 0 Å². The first-order valence-electron chi connectivity index (χ1n) is 14.7. The van der Waals surface area contributed by atoms with Gasteiger partial charge in [-0.15, -0.1) is 0 Å². The summed E-state index contributed by atoms with van der Waals surface area (Å²) in [6.45, 7) is 9.47. The average Bonchev–Trinajstić information content (AvgIpc) is 3.30. The molecule has 1 heterocycles. The highest BCUT2D eigenvalue weighted by Crippen LogP contribution is 2.35. The summed E-state index contributed by atoms with van der Waals surface area (Å²) in [5.41, 5.74) is 1.80. The predicted molar refractivity (Wildman–Crippen MR) is 163 cm³/mol. The van der Waals surface area contributed by atoms with Crippen molar-refractivity contribution in [1.82, 2.24) is 0 Å². The molecule has 3 aromatic rings. The number of hydrogen-bond acceptors (Lipinski definition) is 6. The molecule has 0 aromatic heterocycles. The van der Waals surface area contributed by atoms with Gasteiger partial charge >= 0.3 is 11.9 Å². The van der Waals surface area contributed by atoms with Crippen molar-refractivity contribution < 1.29 is 28.5 Å². The summed E-state index contributed by atoms with van der Waals surface area (Å²) in [7, 11) is 0. The minimum absolute atomic E-state index is 0.0994. The minimum atomic E-state index is -1.11. The molecular formula is C36H42O6. The second-order valence-electron chi connectivity index (χ2n) is 11.7. The van der Waals surface area contributed by atoms with Crippen LogP contribution in [0, 0.1) is 17.8 Å². The van der Waals surface area contributed by atoms with Gasteiger partial charge in [-0.25, -0.2) is 9.59 Å². The van der Waals surface area contributed by atoms with Crippen molar-refractivity contribution in [2.24, 2.45) is 17.8 Å². The highest BCUT2D eigenvalue weighted by Gasteiger charge is 2.45. The molecule has 0 amide bonds. The van der Waals surface area contributed by atoms with Crippen LogP contribution in [0.5, 0.6) is 5.75 Å². The van der Waals surface area contributed by atoms with Gasteiger partial charge in [0.2, 0.25) is 0 Å². The molecule has 0 N–H and O–H groups in total. The molecule has 0 bridgehead atoms. The van der Waals surface area contributed by atoms with Crippen LogP contribution in [0.25, 0.3) is 0 Å². The summed E-state index contributed by atoms with van der Waals surface area (Å²) in [6.07, 6.45) is 3.09. The lowest BCUT2D eigenvalue weighted by Gasteiger charge is -2.27. The molecule has 0 radical (unpaired) electrons. The summed E-state index contributed by atoms with van der Waals surface area (Å²) >= 11 is 0. The van der Waals surface area contributed by atoms with Crippen LogP contribution >= 0.6 is 0 Å². The van der Waals surface area contributed by atoms with Crippen molar-refractivity contribution >= 4 is 11.9 Å². The fraction of sp³-hybridized carbons (Fsp3) is 0.389. The van der Waals surface area contributed by atoms with Gasteiger partial charge < -0.3 is 18.9 Å². The van der Waals surface area contributed by atoms with Gasteiger partial charge in [0.25, 0.3) is 0 Å². The number of allylic oxidation sites excluding steroid dienone is 1. The van der Waals surface area contributed by atoms with E-state index in [4.69, 9.17) is 18.9 Å². The molecule has 1 aliphatic heterocycles. The monoisotopic (exact) mass is 570 g/mol. The van der Waals surface area contributed by atoms with Gasteiger partial charge in [-0.1, -0.05) is 107 Å². The van der Waals surface area contributed by atoms with Crippen molar-refractivity contribution in [3.05, 3.63) is 113 Å². The molecule has 4 rings (SSSR count). The molecule has 3 aromatic carbocycles. The molecule has 222 valence electrons. The van der Waals surface area contributed by atoms with Crippen molar-refractivity contribution in [2.75, 3.05) is 13.2 Å². The van der Waals surface area contributed by atoms with Crippen LogP contribution in [-0.4, -0.2) is 30.8 Å². The largest absolute Gasteiger partial charge is 0.488 e. The molecule has 0 saturated carbocycles. The normalized spacial score (nSPS) is 17.7. The van der Waals surface area contributed by atoms with E-state index in [2.05, 4.69) is 27.7 Å². The minimum Gasteiger partial charge on any atom is -0.488 e. The summed E-state index contributed by atoms with van der Waals surface area (Å²) in [5.74, 6) is 0.922. The third-order valence-corrected chi connectivity index (χ3v) is 7.72. The van der Waals surface area contributed by atoms with Crippen LogP contribution in [0.3, 0.4) is 0 Å². The third-order valence-electron chi connectivity index (χ3n) is 7.72. The Balaban J connectivity index is 1.47. The lowest BCUT2D eigenvalue weighted by molar-refractivity contribution is -0.157. The van der Waals surface area contributed by atoms with Crippen LogP contribution in [0.4, 0.5) is 0 Å². The van der Waals surface area contributed by atoms with E-state index in [0.29, 0.717) is 54.3 Å².